The number of rotatable bonds is 5. The predicted octanol–water partition coefficient (Wildman–Crippen LogP) is 3.58. The van der Waals surface area contributed by atoms with Crippen molar-refractivity contribution in [3.63, 3.8) is 0 Å². The molecule has 0 radical (unpaired) electrons. The number of aromatic hydroxyl groups is 1. The Kier molecular flexibility index (Phi) is 5.76. The Hall–Kier alpha value is -2.53. The number of hydrogen-bond acceptors (Lipinski definition) is 7. The third-order valence-corrected chi connectivity index (χ3v) is 5.55. The first kappa shape index (κ1) is 19.8. The van der Waals surface area contributed by atoms with Gasteiger partial charge in [0, 0.05) is 6.04 Å². The van der Waals surface area contributed by atoms with Gasteiger partial charge in [0.1, 0.15) is 0 Å². The Morgan fingerprint density at radius 2 is 2.03 bits per heavy atom. The number of ether oxygens (including phenoxy) is 1. The van der Waals surface area contributed by atoms with E-state index in [4.69, 9.17) is 17.0 Å². The normalized spacial score (nSPS) is 19.1. The van der Waals surface area contributed by atoms with E-state index in [0.717, 1.165) is 12.0 Å². The molecule has 3 aromatic rings. The minimum atomic E-state index is -0.0635. The van der Waals surface area contributed by atoms with Crippen molar-refractivity contribution in [3.05, 3.63) is 68.7 Å². The van der Waals surface area contributed by atoms with Gasteiger partial charge in [0.25, 0.3) is 0 Å². The number of aromatic nitrogens is 3. The number of methoxy groups -OCH3 is 1. The predicted molar refractivity (Wildman–Crippen MR) is 116 cm³/mol. The van der Waals surface area contributed by atoms with E-state index in [-0.39, 0.29) is 17.8 Å². The summed E-state index contributed by atoms with van der Waals surface area (Å²) >= 11 is 8.66. The van der Waals surface area contributed by atoms with Crippen LogP contribution >= 0.6 is 28.1 Å². The summed E-state index contributed by atoms with van der Waals surface area (Å²) in [4.78, 5) is 0. The standard InChI is InChI=1S/C19H19BrN6O2S/c1-28-16-8-11(7-13(20)17(16)27)10-21-26-18(24-25-19(26)29)15-9-14(22-23-15)12-5-3-2-4-6-12/h2-8,10,14-15,22-23,27H,9H2,1H3,(H,25,29)/b21-10+. The maximum atomic E-state index is 9.96. The summed E-state index contributed by atoms with van der Waals surface area (Å²) in [7, 11) is 1.49. The molecule has 0 saturated carbocycles. The SMILES string of the molecule is COc1cc(/C=N/n2c(C3CC(c4ccccc4)NN3)n[nH]c2=S)cc(Br)c1O. The Labute approximate surface area is 180 Å². The highest BCUT2D eigenvalue weighted by Crippen LogP contribution is 2.35. The van der Waals surface area contributed by atoms with E-state index in [9.17, 15) is 5.11 Å². The molecule has 2 aromatic carbocycles. The van der Waals surface area contributed by atoms with Crippen LogP contribution in [0.1, 0.15) is 35.5 Å². The van der Waals surface area contributed by atoms with E-state index in [0.29, 0.717) is 20.8 Å². The van der Waals surface area contributed by atoms with Crippen molar-refractivity contribution in [2.45, 2.75) is 18.5 Å². The summed E-state index contributed by atoms with van der Waals surface area (Å²) in [5, 5.41) is 21.6. The molecule has 4 N–H and O–H groups in total. The molecule has 0 aliphatic carbocycles. The lowest BCUT2D eigenvalue weighted by molar-refractivity contribution is 0.372. The molecule has 29 heavy (non-hydrogen) atoms. The smallest absolute Gasteiger partial charge is 0.216 e. The Morgan fingerprint density at radius 3 is 2.79 bits per heavy atom. The van der Waals surface area contributed by atoms with Gasteiger partial charge in [-0.05, 0) is 57.8 Å². The summed E-state index contributed by atoms with van der Waals surface area (Å²) in [6.45, 7) is 0. The van der Waals surface area contributed by atoms with Crippen LogP contribution in [0.4, 0.5) is 0 Å². The molecule has 4 rings (SSSR count). The van der Waals surface area contributed by atoms with Crippen LogP contribution in [-0.4, -0.2) is 33.3 Å². The number of hydrazine groups is 1. The number of nitrogens with zero attached hydrogens (tertiary/aromatic N) is 3. The minimum Gasteiger partial charge on any atom is -0.503 e. The minimum absolute atomic E-state index is 0.0402. The van der Waals surface area contributed by atoms with Crippen LogP contribution in [-0.2, 0) is 0 Å². The summed E-state index contributed by atoms with van der Waals surface area (Å²) in [5.74, 6) is 1.07. The quantitative estimate of drug-likeness (QED) is 0.333. The van der Waals surface area contributed by atoms with Crippen molar-refractivity contribution in [1.82, 2.24) is 25.7 Å². The molecule has 10 heteroatoms. The van der Waals surface area contributed by atoms with E-state index < -0.39 is 0 Å². The molecule has 8 nitrogen and oxygen atoms in total. The first-order valence-corrected chi connectivity index (χ1v) is 10.1. The number of H-pyrrole nitrogens is 1. The largest absolute Gasteiger partial charge is 0.503 e. The Bertz CT molecular complexity index is 1100. The van der Waals surface area contributed by atoms with Crippen molar-refractivity contribution in [3.8, 4) is 11.5 Å². The van der Waals surface area contributed by atoms with Gasteiger partial charge in [-0.2, -0.15) is 14.9 Å². The topological polar surface area (TPSA) is 99.5 Å². The number of phenolic OH excluding ortho intramolecular Hbond substituents is 1. The highest BCUT2D eigenvalue weighted by atomic mass is 79.9. The van der Waals surface area contributed by atoms with Gasteiger partial charge in [-0.1, -0.05) is 30.3 Å². The lowest BCUT2D eigenvalue weighted by atomic mass is 10.0. The lowest BCUT2D eigenvalue weighted by Crippen LogP contribution is -2.27. The molecule has 1 aliphatic heterocycles. The zero-order chi connectivity index (χ0) is 20.4. The van der Waals surface area contributed by atoms with Crippen LogP contribution in [0.15, 0.2) is 52.0 Å². The van der Waals surface area contributed by atoms with Crippen LogP contribution in [0.5, 0.6) is 11.5 Å². The zero-order valence-electron chi connectivity index (χ0n) is 15.5. The Balaban J connectivity index is 1.58. The zero-order valence-corrected chi connectivity index (χ0v) is 17.9. The van der Waals surface area contributed by atoms with Gasteiger partial charge in [0.05, 0.1) is 23.8 Å². The molecule has 2 atom stereocenters. The third kappa shape index (κ3) is 4.10. The van der Waals surface area contributed by atoms with Crippen LogP contribution in [0, 0.1) is 4.77 Å². The highest BCUT2D eigenvalue weighted by molar-refractivity contribution is 9.10. The molecule has 1 saturated heterocycles. The van der Waals surface area contributed by atoms with E-state index in [2.05, 4.69) is 54.2 Å². The van der Waals surface area contributed by atoms with Crippen LogP contribution < -0.4 is 15.6 Å². The van der Waals surface area contributed by atoms with Crippen LogP contribution in [0.2, 0.25) is 0 Å². The summed E-state index contributed by atoms with van der Waals surface area (Å²) in [6, 6.07) is 13.8. The van der Waals surface area contributed by atoms with Gasteiger partial charge in [-0.15, -0.1) is 0 Å². The number of nitrogens with one attached hydrogen (secondary N) is 3. The summed E-state index contributed by atoms with van der Waals surface area (Å²) in [5.41, 5.74) is 8.52. The van der Waals surface area contributed by atoms with Crippen molar-refractivity contribution in [2.24, 2.45) is 5.10 Å². The third-order valence-electron chi connectivity index (χ3n) is 4.69. The molecule has 0 spiro atoms. The molecule has 150 valence electrons. The van der Waals surface area contributed by atoms with Gasteiger partial charge < -0.3 is 9.84 Å². The lowest BCUT2D eigenvalue weighted by Gasteiger charge is -2.09. The first-order valence-electron chi connectivity index (χ1n) is 8.91. The molecule has 1 aliphatic rings. The molecular formula is C19H19BrN6O2S. The van der Waals surface area contributed by atoms with E-state index in [1.807, 2.05) is 18.2 Å². The first-order chi connectivity index (χ1) is 14.1. The maximum Gasteiger partial charge on any atom is 0.216 e. The average molecular weight is 475 g/mol. The van der Waals surface area contributed by atoms with Crippen molar-refractivity contribution in [2.75, 3.05) is 7.11 Å². The van der Waals surface area contributed by atoms with Gasteiger partial charge in [-0.25, -0.2) is 10.9 Å². The van der Waals surface area contributed by atoms with Gasteiger partial charge in [0.15, 0.2) is 17.3 Å². The number of phenols is 1. The number of aromatic amines is 1. The number of halogens is 1. The fourth-order valence-electron chi connectivity index (χ4n) is 3.22. The van der Waals surface area contributed by atoms with Crippen molar-refractivity contribution < 1.29 is 9.84 Å². The fourth-order valence-corrected chi connectivity index (χ4v) is 3.86. The number of benzene rings is 2. The Morgan fingerprint density at radius 1 is 1.28 bits per heavy atom. The van der Waals surface area contributed by atoms with Crippen molar-refractivity contribution >= 4 is 34.4 Å². The maximum absolute atomic E-state index is 9.96. The number of hydrogen-bond donors (Lipinski definition) is 4. The highest BCUT2D eigenvalue weighted by Gasteiger charge is 2.29. The molecule has 0 bridgehead atoms. The van der Waals surface area contributed by atoms with E-state index in [1.54, 1.807) is 23.0 Å². The van der Waals surface area contributed by atoms with Crippen molar-refractivity contribution in [1.29, 1.82) is 0 Å². The second kappa shape index (κ2) is 8.46. The fraction of sp³-hybridized carbons (Fsp3) is 0.211. The van der Waals surface area contributed by atoms with E-state index in [1.165, 1.54) is 12.7 Å². The van der Waals surface area contributed by atoms with Crippen LogP contribution in [0.25, 0.3) is 0 Å². The molecule has 0 amide bonds. The second-order valence-electron chi connectivity index (χ2n) is 6.54. The summed E-state index contributed by atoms with van der Waals surface area (Å²) < 4.78 is 7.68. The molecule has 1 aromatic heterocycles. The summed E-state index contributed by atoms with van der Waals surface area (Å²) in [6.07, 6.45) is 2.44. The molecule has 2 heterocycles. The van der Waals surface area contributed by atoms with Gasteiger partial charge >= 0.3 is 0 Å². The molecule has 2 unspecified atom stereocenters. The van der Waals surface area contributed by atoms with E-state index >= 15 is 0 Å². The van der Waals surface area contributed by atoms with Crippen LogP contribution in [0.3, 0.4) is 0 Å². The second-order valence-corrected chi connectivity index (χ2v) is 7.78. The molecule has 1 fully saturated rings. The average Bonchev–Trinajstić information content (AvgIpc) is 3.36. The molecular weight excluding hydrogens is 456 g/mol. The van der Waals surface area contributed by atoms with Gasteiger partial charge in [-0.3, -0.25) is 5.10 Å². The monoisotopic (exact) mass is 474 g/mol. The van der Waals surface area contributed by atoms with Gasteiger partial charge in [0.2, 0.25) is 4.77 Å².